The third kappa shape index (κ3) is 3.31. The minimum Gasteiger partial charge on any atom is -0.376 e. The molecule has 1 aromatic carbocycles. The van der Waals surface area contributed by atoms with E-state index in [9.17, 15) is 0 Å². The summed E-state index contributed by atoms with van der Waals surface area (Å²) in [5, 5.41) is 5.50. The molecule has 0 saturated heterocycles. The molecule has 1 heterocycles. The van der Waals surface area contributed by atoms with Gasteiger partial charge in [-0.15, -0.1) is 11.3 Å². The normalized spacial score (nSPS) is 12.4. The summed E-state index contributed by atoms with van der Waals surface area (Å²) in [6, 6.07) is 10.3. The Morgan fingerprint density at radius 1 is 1.29 bits per heavy atom. The molecule has 0 bridgehead atoms. The summed E-state index contributed by atoms with van der Waals surface area (Å²) in [6.45, 7) is 0.561. The molecule has 5 heteroatoms. The number of halogens is 2. The molecule has 0 aliphatic carbocycles. The lowest BCUT2D eigenvalue weighted by molar-refractivity contribution is 0.802. The molecule has 0 saturated carbocycles. The first-order valence-corrected chi connectivity index (χ1v) is 7.62. The third-order valence-electron chi connectivity index (χ3n) is 2.36. The van der Waals surface area contributed by atoms with E-state index in [2.05, 4.69) is 42.6 Å². The summed E-state index contributed by atoms with van der Waals surface area (Å²) in [4.78, 5) is 1.23. The van der Waals surface area contributed by atoms with Gasteiger partial charge in [-0.2, -0.15) is 0 Å². The van der Waals surface area contributed by atoms with Crippen molar-refractivity contribution in [2.24, 2.45) is 5.73 Å². The second kappa shape index (κ2) is 6.00. The molecule has 0 radical (unpaired) electrons. The number of benzene rings is 1. The number of hydrogen-bond donors (Lipinski definition) is 2. The zero-order valence-corrected chi connectivity index (χ0v) is 13.0. The van der Waals surface area contributed by atoms with Crippen LogP contribution in [0.2, 0.25) is 0 Å². The average molecular weight is 376 g/mol. The van der Waals surface area contributed by atoms with Crippen LogP contribution in [0.25, 0.3) is 0 Å². The Balaban J connectivity index is 2.19. The summed E-state index contributed by atoms with van der Waals surface area (Å²) in [6.07, 6.45) is 0. The fourth-order valence-corrected chi connectivity index (χ4v) is 3.68. The second-order valence-corrected chi connectivity index (χ2v) is 6.29. The highest BCUT2D eigenvalue weighted by Crippen LogP contribution is 2.31. The van der Waals surface area contributed by atoms with Crippen LogP contribution < -0.4 is 11.1 Å². The quantitative estimate of drug-likeness (QED) is 0.831. The van der Waals surface area contributed by atoms with E-state index in [1.807, 2.05) is 30.3 Å². The number of rotatable bonds is 4. The van der Waals surface area contributed by atoms with Crippen molar-refractivity contribution in [3.05, 3.63) is 49.5 Å². The molecular formula is C12H12Br2N2S. The molecule has 2 aromatic rings. The minimum absolute atomic E-state index is 0.138. The highest BCUT2D eigenvalue weighted by Gasteiger charge is 2.14. The molecular weight excluding hydrogens is 364 g/mol. The standard InChI is InChI=1S/C12H12Br2N2S/c13-8-2-1-3-9(6-8)16-11(7-15)12-10(14)4-5-17-12/h1-6,11,16H,7,15H2. The maximum absolute atomic E-state index is 5.83. The highest BCUT2D eigenvalue weighted by atomic mass is 79.9. The van der Waals surface area contributed by atoms with Crippen molar-refractivity contribution in [2.45, 2.75) is 6.04 Å². The summed E-state index contributed by atoms with van der Waals surface area (Å²) < 4.78 is 2.17. The van der Waals surface area contributed by atoms with Crippen LogP contribution in [0, 0.1) is 0 Å². The van der Waals surface area contributed by atoms with Crippen molar-refractivity contribution in [1.82, 2.24) is 0 Å². The Hall–Kier alpha value is -0.360. The summed E-state index contributed by atoms with van der Waals surface area (Å²) >= 11 is 8.71. The van der Waals surface area contributed by atoms with E-state index in [0.29, 0.717) is 6.54 Å². The SMILES string of the molecule is NCC(Nc1cccc(Br)c1)c1sccc1Br. The number of nitrogens with one attached hydrogen (secondary N) is 1. The van der Waals surface area contributed by atoms with Gasteiger partial charge in [-0.3, -0.25) is 0 Å². The van der Waals surface area contributed by atoms with E-state index in [4.69, 9.17) is 5.73 Å². The van der Waals surface area contributed by atoms with Crippen LogP contribution in [0.3, 0.4) is 0 Å². The van der Waals surface area contributed by atoms with Gasteiger partial charge in [0.05, 0.1) is 6.04 Å². The minimum atomic E-state index is 0.138. The number of anilines is 1. The topological polar surface area (TPSA) is 38.0 Å². The predicted octanol–water partition coefficient (Wildman–Crippen LogP) is 4.39. The Labute approximate surface area is 121 Å². The van der Waals surface area contributed by atoms with Crippen LogP contribution in [0.4, 0.5) is 5.69 Å². The van der Waals surface area contributed by atoms with E-state index >= 15 is 0 Å². The zero-order valence-electron chi connectivity index (χ0n) is 8.99. The molecule has 0 aliphatic heterocycles. The van der Waals surface area contributed by atoms with Crippen LogP contribution in [0.5, 0.6) is 0 Å². The molecule has 90 valence electrons. The van der Waals surface area contributed by atoms with Crippen LogP contribution in [-0.4, -0.2) is 6.54 Å². The van der Waals surface area contributed by atoms with Gasteiger partial charge in [0, 0.05) is 26.1 Å². The predicted molar refractivity (Wildman–Crippen MR) is 81.6 cm³/mol. The Morgan fingerprint density at radius 2 is 2.12 bits per heavy atom. The first-order valence-electron chi connectivity index (χ1n) is 5.16. The fraction of sp³-hybridized carbons (Fsp3) is 0.167. The lowest BCUT2D eigenvalue weighted by Crippen LogP contribution is -2.19. The maximum atomic E-state index is 5.83. The third-order valence-corrected chi connectivity index (χ3v) is 4.84. The molecule has 2 rings (SSSR count). The van der Waals surface area contributed by atoms with E-state index < -0.39 is 0 Å². The van der Waals surface area contributed by atoms with Crippen molar-refractivity contribution in [2.75, 3.05) is 11.9 Å². The van der Waals surface area contributed by atoms with Crippen LogP contribution in [-0.2, 0) is 0 Å². The molecule has 3 N–H and O–H groups in total. The lowest BCUT2D eigenvalue weighted by Gasteiger charge is -2.17. The van der Waals surface area contributed by atoms with Gasteiger partial charge in [-0.25, -0.2) is 0 Å². The average Bonchev–Trinajstić information content (AvgIpc) is 2.72. The molecule has 0 spiro atoms. The monoisotopic (exact) mass is 374 g/mol. The lowest BCUT2D eigenvalue weighted by atomic mass is 10.2. The van der Waals surface area contributed by atoms with Gasteiger partial charge in [-0.1, -0.05) is 22.0 Å². The van der Waals surface area contributed by atoms with E-state index in [1.54, 1.807) is 11.3 Å². The first-order chi connectivity index (χ1) is 8.20. The van der Waals surface area contributed by atoms with Crippen LogP contribution in [0.15, 0.2) is 44.7 Å². The molecule has 0 fully saturated rings. The van der Waals surface area contributed by atoms with Crippen molar-refractivity contribution in [3.63, 3.8) is 0 Å². The second-order valence-electron chi connectivity index (χ2n) is 3.58. The maximum Gasteiger partial charge on any atom is 0.0739 e. The smallest absolute Gasteiger partial charge is 0.0739 e. The van der Waals surface area contributed by atoms with Gasteiger partial charge < -0.3 is 11.1 Å². The van der Waals surface area contributed by atoms with Crippen molar-refractivity contribution in [3.8, 4) is 0 Å². The molecule has 17 heavy (non-hydrogen) atoms. The van der Waals surface area contributed by atoms with Crippen LogP contribution >= 0.6 is 43.2 Å². The van der Waals surface area contributed by atoms with Gasteiger partial charge in [0.1, 0.15) is 0 Å². The summed E-state index contributed by atoms with van der Waals surface area (Å²) in [7, 11) is 0. The molecule has 0 amide bonds. The highest BCUT2D eigenvalue weighted by molar-refractivity contribution is 9.10. The van der Waals surface area contributed by atoms with Gasteiger partial charge in [0.15, 0.2) is 0 Å². The van der Waals surface area contributed by atoms with E-state index in [1.165, 1.54) is 4.88 Å². The number of thiophene rings is 1. The molecule has 2 nitrogen and oxygen atoms in total. The van der Waals surface area contributed by atoms with Crippen molar-refractivity contribution in [1.29, 1.82) is 0 Å². The largest absolute Gasteiger partial charge is 0.376 e. The van der Waals surface area contributed by atoms with E-state index in [-0.39, 0.29) is 6.04 Å². The van der Waals surface area contributed by atoms with Crippen molar-refractivity contribution >= 4 is 48.9 Å². The van der Waals surface area contributed by atoms with Crippen LogP contribution in [0.1, 0.15) is 10.9 Å². The zero-order chi connectivity index (χ0) is 12.3. The van der Waals surface area contributed by atoms with Gasteiger partial charge in [0.25, 0.3) is 0 Å². The molecule has 1 atom stereocenters. The molecule has 1 unspecified atom stereocenters. The number of nitrogens with two attached hydrogens (primary N) is 1. The van der Waals surface area contributed by atoms with Gasteiger partial charge in [-0.05, 0) is 45.6 Å². The van der Waals surface area contributed by atoms with Gasteiger partial charge >= 0.3 is 0 Å². The Morgan fingerprint density at radius 3 is 2.71 bits per heavy atom. The van der Waals surface area contributed by atoms with Gasteiger partial charge in [0.2, 0.25) is 0 Å². The Kier molecular flexibility index (Phi) is 4.62. The Bertz CT molecular complexity index is 499. The molecule has 1 aromatic heterocycles. The first kappa shape index (κ1) is 13.1. The van der Waals surface area contributed by atoms with Crippen molar-refractivity contribution < 1.29 is 0 Å². The summed E-state index contributed by atoms with van der Waals surface area (Å²) in [5.74, 6) is 0. The fourth-order valence-electron chi connectivity index (χ4n) is 1.57. The van der Waals surface area contributed by atoms with E-state index in [0.717, 1.165) is 14.6 Å². The molecule has 0 aliphatic rings. The summed E-state index contributed by atoms with van der Waals surface area (Å²) in [5.41, 5.74) is 6.90. The number of hydrogen-bond acceptors (Lipinski definition) is 3.